The standard InChI is InChI=1S/C17H16BrNO4/c1-22-15-7-6-11(8-14(15)17(21)23-2)10-19-16(20)12-4-3-5-13(18)9-12/h3-9H,10H2,1-2H3,(H,19,20). The number of esters is 1. The second kappa shape index (κ2) is 7.78. The third kappa shape index (κ3) is 4.32. The Labute approximate surface area is 142 Å². The summed E-state index contributed by atoms with van der Waals surface area (Å²) in [6.45, 7) is 0.291. The van der Waals surface area contributed by atoms with Gasteiger partial charge in [-0.3, -0.25) is 4.79 Å². The predicted octanol–water partition coefficient (Wildman–Crippen LogP) is 3.17. The molecule has 0 aliphatic heterocycles. The molecule has 120 valence electrons. The van der Waals surface area contributed by atoms with E-state index < -0.39 is 5.97 Å². The van der Waals surface area contributed by atoms with Crippen molar-refractivity contribution < 1.29 is 19.1 Å². The van der Waals surface area contributed by atoms with Gasteiger partial charge in [-0.2, -0.15) is 0 Å². The summed E-state index contributed by atoms with van der Waals surface area (Å²) in [5.41, 5.74) is 1.65. The molecule has 1 amide bonds. The van der Waals surface area contributed by atoms with Gasteiger partial charge in [-0.15, -0.1) is 0 Å². The monoisotopic (exact) mass is 377 g/mol. The molecule has 0 heterocycles. The highest BCUT2D eigenvalue weighted by Gasteiger charge is 2.14. The van der Waals surface area contributed by atoms with Gasteiger partial charge < -0.3 is 14.8 Å². The number of hydrogen-bond donors (Lipinski definition) is 1. The van der Waals surface area contributed by atoms with Gasteiger partial charge in [0.05, 0.1) is 14.2 Å². The Kier molecular flexibility index (Phi) is 5.76. The molecule has 0 bridgehead atoms. The van der Waals surface area contributed by atoms with Crippen LogP contribution in [0.1, 0.15) is 26.3 Å². The minimum absolute atomic E-state index is 0.193. The second-order valence-electron chi connectivity index (χ2n) is 4.72. The number of carbonyl (C=O) groups is 2. The lowest BCUT2D eigenvalue weighted by atomic mass is 10.1. The minimum atomic E-state index is -0.484. The minimum Gasteiger partial charge on any atom is -0.496 e. The van der Waals surface area contributed by atoms with Gasteiger partial charge in [0.15, 0.2) is 0 Å². The molecule has 0 aliphatic rings. The number of methoxy groups -OCH3 is 2. The molecule has 0 atom stereocenters. The van der Waals surface area contributed by atoms with Crippen molar-refractivity contribution in [3.05, 3.63) is 63.6 Å². The molecule has 5 nitrogen and oxygen atoms in total. The van der Waals surface area contributed by atoms with Gasteiger partial charge >= 0.3 is 5.97 Å². The van der Waals surface area contributed by atoms with E-state index in [4.69, 9.17) is 9.47 Å². The normalized spacial score (nSPS) is 10.0. The summed E-state index contributed by atoms with van der Waals surface area (Å²) >= 11 is 3.33. The third-order valence-electron chi connectivity index (χ3n) is 3.21. The van der Waals surface area contributed by atoms with Gasteiger partial charge in [0, 0.05) is 16.6 Å². The highest BCUT2D eigenvalue weighted by Crippen LogP contribution is 2.21. The Balaban J connectivity index is 2.11. The molecule has 0 unspecified atom stereocenters. The first kappa shape index (κ1) is 17.0. The Hall–Kier alpha value is -2.34. The van der Waals surface area contributed by atoms with Crippen molar-refractivity contribution in [2.75, 3.05) is 14.2 Å². The summed E-state index contributed by atoms with van der Waals surface area (Å²) < 4.78 is 10.7. The molecule has 1 N–H and O–H groups in total. The Morgan fingerprint density at radius 3 is 2.57 bits per heavy atom. The molecule has 2 rings (SSSR count). The summed E-state index contributed by atoms with van der Waals surface area (Å²) in [7, 11) is 2.79. The number of halogens is 1. The molecule has 0 radical (unpaired) electrons. The van der Waals surface area contributed by atoms with Crippen LogP contribution in [0.2, 0.25) is 0 Å². The second-order valence-corrected chi connectivity index (χ2v) is 5.63. The van der Waals surface area contributed by atoms with E-state index in [0.717, 1.165) is 10.0 Å². The van der Waals surface area contributed by atoms with Crippen LogP contribution in [0.15, 0.2) is 46.9 Å². The van der Waals surface area contributed by atoms with Gasteiger partial charge in [0.25, 0.3) is 5.91 Å². The van der Waals surface area contributed by atoms with E-state index in [2.05, 4.69) is 21.2 Å². The maximum absolute atomic E-state index is 12.1. The van der Waals surface area contributed by atoms with Crippen LogP contribution in [0.4, 0.5) is 0 Å². The van der Waals surface area contributed by atoms with Crippen molar-refractivity contribution >= 4 is 27.8 Å². The molecule has 0 fully saturated rings. The van der Waals surface area contributed by atoms with Crippen molar-refractivity contribution in [1.29, 1.82) is 0 Å². The first-order valence-electron chi connectivity index (χ1n) is 6.84. The van der Waals surface area contributed by atoms with Crippen molar-refractivity contribution in [2.24, 2.45) is 0 Å². The van der Waals surface area contributed by atoms with Gasteiger partial charge in [0.2, 0.25) is 0 Å². The zero-order valence-electron chi connectivity index (χ0n) is 12.8. The molecule has 0 saturated heterocycles. The fraction of sp³-hybridized carbons (Fsp3) is 0.176. The van der Waals surface area contributed by atoms with E-state index in [1.54, 1.807) is 36.4 Å². The SMILES string of the molecule is COC(=O)c1cc(CNC(=O)c2cccc(Br)c2)ccc1OC. The fourth-order valence-corrected chi connectivity index (χ4v) is 2.45. The van der Waals surface area contributed by atoms with Gasteiger partial charge in [0.1, 0.15) is 11.3 Å². The molecular weight excluding hydrogens is 362 g/mol. The molecule has 0 aliphatic carbocycles. The van der Waals surface area contributed by atoms with Crippen LogP contribution in [0.25, 0.3) is 0 Å². The number of carbonyl (C=O) groups excluding carboxylic acids is 2. The van der Waals surface area contributed by atoms with Crippen LogP contribution in [0, 0.1) is 0 Å². The maximum Gasteiger partial charge on any atom is 0.341 e. The van der Waals surface area contributed by atoms with Crippen LogP contribution in [-0.4, -0.2) is 26.1 Å². The maximum atomic E-state index is 12.1. The topological polar surface area (TPSA) is 64.6 Å². The zero-order valence-corrected chi connectivity index (χ0v) is 14.3. The van der Waals surface area contributed by atoms with Crippen LogP contribution in [-0.2, 0) is 11.3 Å². The van der Waals surface area contributed by atoms with Crippen LogP contribution in [0.5, 0.6) is 5.75 Å². The molecular formula is C17H16BrNO4. The van der Waals surface area contributed by atoms with Crippen LogP contribution in [0.3, 0.4) is 0 Å². The largest absolute Gasteiger partial charge is 0.496 e. The number of benzene rings is 2. The van der Waals surface area contributed by atoms with Gasteiger partial charge in [-0.05, 0) is 35.9 Å². The highest BCUT2D eigenvalue weighted by molar-refractivity contribution is 9.10. The molecule has 6 heteroatoms. The third-order valence-corrected chi connectivity index (χ3v) is 3.70. The fourth-order valence-electron chi connectivity index (χ4n) is 2.05. The summed E-state index contributed by atoms with van der Waals surface area (Å²) in [5.74, 6) is -0.248. The summed E-state index contributed by atoms with van der Waals surface area (Å²) in [6, 6.07) is 12.2. The van der Waals surface area contributed by atoms with E-state index in [9.17, 15) is 9.59 Å². The van der Waals surface area contributed by atoms with E-state index in [0.29, 0.717) is 23.4 Å². The van der Waals surface area contributed by atoms with E-state index >= 15 is 0 Å². The van der Waals surface area contributed by atoms with Crippen molar-refractivity contribution in [1.82, 2.24) is 5.32 Å². The quantitative estimate of drug-likeness (QED) is 0.812. The van der Waals surface area contributed by atoms with E-state index in [1.807, 2.05) is 6.07 Å². The molecule has 0 aromatic heterocycles. The van der Waals surface area contributed by atoms with Gasteiger partial charge in [-0.25, -0.2) is 4.79 Å². The predicted molar refractivity (Wildman–Crippen MR) is 89.6 cm³/mol. The first-order chi connectivity index (χ1) is 11.0. The highest BCUT2D eigenvalue weighted by atomic mass is 79.9. The molecule has 23 heavy (non-hydrogen) atoms. The van der Waals surface area contributed by atoms with Crippen molar-refractivity contribution in [3.63, 3.8) is 0 Å². The average molecular weight is 378 g/mol. The molecule has 2 aromatic carbocycles. The molecule has 0 spiro atoms. The lowest BCUT2D eigenvalue weighted by Gasteiger charge is -2.10. The Morgan fingerprint density at radius 1 is 1.13 bits per heavy atom. The number of amides is 1. The Bertz CT molecular complexity index is 730. The molecule has 2 aromatic rings. The van der Waals surface area contributed by atoms with Crippen molar-refractivity contribution in [2.45, 2.75) is 6.54 Å². The summed E-state index contributed by atoms with van der Waals surface area (Å²) in [4.78, 5) is 23.9. The number of ether oxygens (including phenoxy) is 2. The Morgan fingerprint density at radius 2 is 1.91 bits per heavy atom. The first-order valence-corrected chi connectivity index (χ1v) is 7.63. The lowest BCUT2D eigenvalue weighted by molar-refractivity contribution is 0.0597. The smallest absolute Gasteiger partial charge is 0.341 e. The van der Waals surface area contributed by atoms with E-state index in [-0.39, 0.29) is 5.91 Å². The van der Waals surface area contributed by atoms with Crippen LogP contribution >= 0.6 is 15.9 Å². The zero-order chi connectivity index (χ0) is 16.8. The number of rotatable bonds is 5. The summed E-state index contributed by atoms with van der Waals surface area (Å²) in [6.07, 6.45) is 0. The van der Waals surface area contributed by atoms with Crippen LogP contribution < -0.4 is 10.1 Å². The number of nitrogens with one attached hydrogen (secondary N) is 1. The summed E-state index contributed by atoms with van der Waals surface area (Å²) in [5, 5.41) is 2.81. The lowest BCUT2D eigenvalue weighted by Crippen LogP contribution is -2.23. The average Bonchev–Trinajstić information content (AvgIpc) is 2.58. The van der Waals surface area contributed by atoms with Crippen molar-refractivity contribution in [3.8, 4) is 5.75 Å². The van der Waals surface area contributed by atoms with Gasteiger partial charge in [-0.1, -0.05) is 28.1 Å². The molecule has 0 saturated carbocycles. The number of hydrogen-bond acceptors (Lipinski definition) is 4. The van der Waals surface area contributed by atoms with E-state index in [1.165, 1.54) is 14.2 Å².